The van der Waals surface area contributed by atoms with Crippen LogP contribution in [0.15, 0.2) is 52.9 Å². The Balaban J connectivity index is 1.43. The van der Waals surface area contributed by atoms with Gasteiger partial charge in [-0.1, -0.05) is 32.0 Å². The van der Waals surface area contributed by atoms with Gasteiger partial charge in [-0.05, 0) is 55.0 Å². The minimum atomic E-state index is -3.57. The Labute approximate surface area is 192 Å². The van der Waals surface area contributed by atoms with Crippen molar-refractivity contribution in [3.8, 4) is 0 Å². The molecule has 6 nitrogen and oxygen atoms in total. The summed E-state index contributed by atoms with van der Waals surface area (Å²) in [6.45, 7) is 5.23. The quantitative estimate of drug-likeness (QED) is 0.578. The van der Waals surface area contributed by atoms with E-state index in [0.29, 0.717) is 48.5 Å². The summed E-state index contributed by atoms with van der Waals surface area (Å²) in [7, 11) is -3.57. The Morgan fingerprint density at radius 2 is 1.84 bits per heavy atom. The van der Waals surface area contributed by atoms with Crippen molar-refractivity contribution in [3.05, 3.63) is 59.1 Å². The second-order valence-electron chi connectivity index (χ2n) is 9.03. The topological polar surface area (TPSA) is 87.6 Å². The summed E-state index contributed by atoms with van der Waals surface area (Å²) in [5.74, 6) is 0.177. The standard InChI is InChI=1S/C24H28N2O4S2/c1-17(2)14-24(28)10-12-26(13-11-24)23(27)19-8-6-18(7-9-19)15-32(29,30)21-5-3-4-20-22(21)25-16-31-20/h3-9,16-17,28H,10-15H2,1-2H3. The molecule has 0 bridgehead atoms. The number of para-hydroxylation sites is 1. The van der Waals surface area contributed by atoms with E-state index in [1.165, 1.54) is 11.3 Å². The number of piperidine rings is 1. The zero-order valence-corrected chi connectivity index (χ0v) is 20.0. The third-order valence-electron chi connectivity index (χ3n) is 5.99. The summed E-state index contributed by atoms with van der Waals surface area (Å²) in [6, 6.07) is 12.0. The molecule has 1 aliphatic heterocycles. The fourth-order valence-corrected chi connectivity index (χ4v) is 6.72. The number of likely N-dealkylation sites (tertiary alicyclic amines) is 1. The molecule has 32 heavy (non-hydrogen) atoms. The Kier molecular flexibility index (Phi) is 6.38. The van der Waals surface area contributed by atoms with E-state index < -0.39 is 15.4 Å². The predicted octanol–water partition coefficient (Wildman–Crippen LogP) is 4.28. The highest BCUT2D eigenvalue weighted by Gasteiger charge is 2.34. The molecule has 1 fully saturated rings. The van der Waals surface area contributed by atoms with Crippen molar-refractivity contribution in [2.45, 2.75) is 49.4 Å². The highest BCUT2D eigenvalue weighted by Crippen LogP contribution is 2.30. The smallest absolute Gasteiger partial charge is 0.253 e. The molecular formula is C24H28N2O4S2. The number of benzene rings is 2. The molecule has 170 valence electrons. The van der Waals surface area contributed by atoms with Crippen LogP contribution in [0, 0.1) is 5.92 Å². The van der Waals surface area contributed by atoms with E-state index in [9.17, 15) is 18.3 Å². The van der Waals surface area contributed by atoms with Gasteiger partial charge in [0.15, 0.2) is 9.84 Å². The number of aliphatic hydroxyl groups is 1. The van der Waals surface area contributed by atoms with E-state index in [2.05, 4.69) is 18.8 Å². The first-order valence-corrected chi connectivity index (χ1v) is 13.4. The summed E-state index contributed by atoms with van der Waals surface area (Å²) in [5, 5.41) is 10.7. The number of carbonyl (C=O) groups is 1. The maximum atomic E-state index is 13.0. The lowest BCUT2D eigenvalue weighted by Gasteiger charge is -2.39. The average Bonchev–Trinajstić information content (AvgIpc) is 3.22. The SMILES string of the molecule is CC(C)CC1(O)CCN(C(=O)c2ccc(CS(=O)(=O)c3cccc4scnc34)cc2)CC1. The summed E-state index contributed by atoms with van der Waals surface area (Å²) < 4.78 is 26.8. The third kappa shape index (κ3) is 4.87. The van der Waals surface area contributed by atoms with Gasteiger partial charge in [-0.15, -0.1) is 11.3 Å². The Morgan fingerprint density at radius 1 is 1.16 bits per heavy atom. The highest BCUT2D eigenvalue weighted by molar-refractivity contribution is 7.90. The van der Waals surface area contributed by atoms with Crippen molar-refractivity contribution in [1.82, 2.24) is 9.88 Å². The minimum absolute atomic E-state index is 0.0850. The molecule has 0 unspecified atom stereocenters. The summed E-state index contributed by atoms with van der Waals surface area (Å²) in [5.41, 5.74) is 2.62. The Hall–Kier alpha value is -2.29. The number of hydrogen-bond acceptors (Lipinski definition) is 6. The van der Waals surface area contributed by atoms with Gasteiger partial charge < -0.3 is 10.0 Å². The second kappa shape index (κ2) is 8.92. The lowest BCUT2D eigenvalue weighted by Crippen LogP contribution is -2.47. The van der Waals surface area contributed by atoms with Crippen molar-refractivity contribution >= 4 is 37.3 Å². The molecule has 4 rings (SSSR count). The zero-order chi connectivity index (χ0) is 22.9. The highest BCUT2D eigenvalue weighted by atomic mass is 32.2. The molecule has 0 saturated carbocycles. The zero-order valence-electron chi connectivity index (χ0n) is 18.3. The van der Waals surface area contributed by atoms with Crippen LogP contribution >= 0.6 is 11.3 Å². The molecule has 1 N–H and O–H groups in total. The largest absolute Gasteiger partial charge is 0.390 e. The van der Waals surface area contributed by atoms with Crippen LogP contribution in [-0.2, 0) is 15.6 Å². The van der Waals surface area contributed by atoms with Crippen LogP contribution in [0.2, 0.25) is 0 Å². The molecule has 8 heteroatoms. The van der Waals surface area contributed by atoms with E-state index in [4.69, 9.17) is 0 Å². The molecule has 1 aromatic heterocycles. The maximum absolute atomic E-state index is 13.0. The molecule has 0 spiro atoms. The van der Waals surface area contributed by atoms with E-state index in [-0.39, 0.29) is 16.6 Å². The van der Waals surface area contributed by atoms with Gasteiger partial charge in [-0.3, -0.25) is 4.79 Å². The monoisotopic (exact) mass is 472 g/mol. The number of rotatable bonds is 6. The summed E-state index contributed by atoms with van der Waals surface area (Å²) >= 11 is 1.41. The van der Waals surface area contributed by atoms with Crippen molar-refractivity contribution in [1.29, 1.82) is 0 Å². The van der Waals surface area contributed by atoms with E-state index in [1.807, 2.05) is 6.07 Å². The molecule has 3 aromatic rings. The first-order chi connectivity index (χ1) is 15.2. The van der Waals surface area contributed by atoms with Crippen LogP contribution in [-0.4, -0.2) is 48.0 Å². The second-order valence-corrected chi connectivity index (χ2v) is 11.9. The van der Waals surface area contributed by atoms with Crippen LogP contribution in [0.5, 0.6) is 0 Å². The Morgan fingerprint density at radius 3 is 2.50 bits per heavy atom. The minimum Gasteiger partial charge on any atom is -0.390 e. The van der Waals surface area contributed by atoms with Crippen LogP contribution in [0.25, 0.3) is 10.2 Å². The molecule has 0 atom stereocenters. The predicted molar refractivity (Wildman–Crippen MR) is 126 cm³/mol. The van der Waals surface area contributed by atoms with Crippen molar-refractivity contribution in [3.63, 3.8) is 0 Å². The molecular weight excluding hydrogens is 444 g/mol. The molecule has 0 radical (unpaired) electrons. The number of hydrogen-bond donors (Lipinski definition) is 1. The number of amides is 1. The van der Waals surface area contributed by atoms with Gasteiger partial charge in [0.2, 0.25) is 0 Å². The lowest BCUT2D eigenvalue weighted by molar-refractivity contribution is -0.0311. The number of fused-ring (bicyclic) bond motifs is 1. The molecule has 2 heterocycles. The maximum Gasteiger partial charge on any atom is 0.253 e. The van der Waals surface area contributed by atoms with Gasteiger partial charge in [0.25, 0.3) is 5.91 Å². The van der Waals surface area contributed by atoms with Gasteiger partial charge in [0, 0.05) is 18.7 Å². The fraction of sp³-hybridized carbons (Fsp3) is 0.417. The van der Waals surface area contributed by atoms with Crippen LogP contribution < -0.4 is 0 Å². The third-order valence-corrected chi connectivity index (χ3v) is 8.49. The van der Waals surface area contributed by atoms with E-state index in [0.717, 1.165) is 11.1 Å². The van der Waals surface area contributed by atoms with Crippen molar-refractivity contribution in [2.24, 2.45) is 5.92 Å². The van der Waals surface area contributed by atoms with Crippen molar-refractivity contribution < 1.29 is 18.3 Å². The number of carbonyl (C=O) groups excluding carboxylic acids is 1. The van der Waals surface area contributed by atoms with E-state index in [1.54, 1.807) is 46.8 Å². The van der Waals surface area contributed by atoms with Crippen LogP contribution in [0.4, 0.5) is 0 Å². The van der Waals surface area contributed by atoms with Crippen LogP contribution in [0.3, 0.4) is 0 Å². The van der Waals surface area contributed by atoms with Gasteiger partial charge in [0.05, 0.1) is 32.0 Å². The van der Waals surface area contributed by atoms with Gasteiger partial charge in [0.1, 0.15) is 0 Å². The number of aromatic nitrogens is 1. The van der Waals surface area contributed by atoms with Crippen LogP contribution in [0.1, 0.15) is 49.0 Å². The molecule has 1 amide bonds. The number of thiazole rings is 1. The lowest BCUT2D eigenvalue weighted by atomic mass is 9.84. The fourth-order valence-electron chi connectivity index (χ4n) is 4.42. The van der Waals surface area contributed by atoms with Crippen molar-refractivity contribution in [2.75, 3.05) is 13.1 Å². The normalized spacial score (nSPS) is 16.6. The number of nitrogens with zero attached hydrogens (tertiary/aromatic N) is 2. The average molecular weight is 473 g/mol. The van der Waals surface area contributed by atoms with Gasteiger partial charge in [-0.25, -0.2) is 13.4 Å². The Bertz CT molecular complexity index is 1210. The summed E-state index contributed by atoms with van der Waals surface area (Å²) in [6.07, 6.45) is 1.90. The summed E-state index contributed by atoms with van der Waals surface area (Å²) in [4.78, 5) is 19.1. The van der Waals surface area contributed by atoms with Gasteiger partial charge >= 0.3 is 0 Å². The van der Waals surface area contributed by atoms with Gasteiger partial charge in [-0.2, -0.15) is 0 Å². The molecule has 2 aromatic carbocycles. The first kappa shape index (κ1) is 22.9. The first-order valence-electron chi connectivity index (χ1n) is 10.8. The molecule has 1 saturated heterocycles. The molecule has 0 aliphatic carbocycles. The molecule has 1 aliphatic rings. The number of sulfone groups is 1. The van der Waals surface area contributed by atoms with E-state index >= 15 is 0 Å².